The molecule has 0 fully saturated rings. The summed E-state index contributed by atoms with van der Waals surface area (Å²) < 4.78 is 5.82. The van der Waals surface area contributed by atoms with Crippen LogP contribution in [0.4, 0.5) is 5.69 Å². The number of carbonyl (C=O) groups excluding carboxylic acids is 2. The molecule has 0 saturated carbocycles. The number of hydrogen-bond acceptors (Lipinski definition) is 3. The maximum absolute atomic E-state index is 12.4. The minimum atomic E-state index is -0.207. The third-order valence-corrected chi connectivity index (χ3v) is 4.06. The fourth-order valence-corrected chi connectivity index (χ4v) is 2.62. The van der Waals surface area contributed by atoms with Crippen molar-refractivity contribution in [2.24, 2.45) is 0 Å². The van der Waals surface area contributed by atoms with Crippen molar-refractivity contribution in [2.45, 2.75) is 19.9 Å². The van der Waals surface area contributed by atoms with Gasteiger partial charge in [0.1, 0.15) is 11.5 Å². The van der Waals surface area contributed by atoms with Crippen molar-refractivity contribution in [1.82, 2.24) is 5.32 Å². The Bertz CT molecular complexity index is 955. The molecule has 0 aliphatic heterocycles. The number of para-hydroxylation sites is 1. The van der Waals surface area contributed by atoms with Gasteiger partial charge in [0.2, 0.25) is 5.91 Å². The number of ether oxygens (including phenoxy) is 1. The average molecular weight is 374 g/mol. The molecule has 5 nitrogen and oxygen atoms in total. The molecular weight excluding hydrogens is 352 g/mol. The molecule has 0 aliphatic carbocycles. The van der Waals surface area contributed by atoms with Crippen molar-refractivity contribution in [3.05, 3.63) is 90.0 Å². The predicted octanol–water partition coefficient (Wildman–Crippen LogP) is 4.76. The molecule has 0 aliphatic rings. The molecule has 5 heteroatoms. The van der Waals surface area contributed by atoms with Gasteiger partial charge in [0.25, 0.3) is 5.91 Å². The molecule has 0 saturated heterocycles. The first kappa shape index (κ1) is 19.2. The van der Waals surface area contributed by atoms with Gasteiger partial charge in [-0.15, -0.1) is 0 Å². The van der Waals surface area contributed by atoms with Crippen molar-refractivity contribution in [3.8, 4) is 11.5 Å². The standard InChI is InChI=1S/C23H22N2O3/c1-2-22(26)25-19-10-7-9-18(15-19)23(27)24-16-17-8-6-13-21(14-17)28-20-11-4-3-5-12-20/h3-15H,2,16H2,1H3,(H,24,27)(H,25,26). The highest BCUT2D eigenvalue weighted by Gasteiger charge is 2.08. The van der Waals surface area contributed by atoms with E-state index in [4.69, 9.17) is 4.74 Å². The Morgan fingerprint density at radius 1 is 0.857 bits per heavy atom. The number of carbonyl (C=O) groups is 2. The Morgan fingerprint density at radius 3 is 2.39 bits per heavy atom. The summed E-state index contributed by atoms with van der Waals surface area (Å²) in [4.78, 5) is 24.0. The van der Waals surface area contributed by atoms with E-state index in [1.165, 1.54) is 0 Å². The number of anilines is 1. The topological polar surface area (TPSA) is 67.4 Å². The summed E-state index contributed by atoms with van der Waals surface area (Å²) in [7, 11) is 0. The molecule has 28 heavy (non-hydrogen) atoms. The molecular formula is C23H22N2O3. The van der Waals surface area contributed by atoms with Crippen LogP contribution in [0.3, 0.4) is 0 Å². The molecule has 0 heterocycles. The zero-order valence-corrected chi connectivity index (χ0v) is 15.6. The summed E-state index contributed by atoms with van der Waals surface area (Å²) in [5.41, 5.74) is 2.03. The van der Waals surface area contributed by atoms with E-state index in [9.17, 15) is 9.59 Å². The summed E-state index contributed by atoms with van der Waals surface area (Å²) in [6, 6.07) is 24.0. The Labute approximate surface area is 164 Å². The van der Waals surface area contributed by atoms with Crippen LogP contribution in [0, 0.1) is 0 Å². The van der Waals surface area contributed by atoms with E-state index in [1.54, 1.807) is 31.2 Å². The van der Waals surface area contributed by atoms with E-state index in [1.807, 2.05) is 54.6 Å². The van der Waals surface area contributed by atoms with Gasteiger partial charge >= 0.3 is 0 Å². The zero-order chi connectivity index (χ0) is 19.8. The van der Waals surface area contributed by atoms with Gasteiger partial charge in [-0.05, 0) is 48.0 Å². The van der Waals surface area contributed by atoms with Crippen LogP contribution >= 0.6 is 0 Å². The lowest BCUT2D eigenvalue weighted by Gasteiger charge is -2.10. The Balaban J connectivity index is 1.61. The van der Waals surface area contributed by atoms with Gasteiger partial charge < -0.3 is 15.4 Å². The van der Waals surface area contributed by atoms with Gasteiger partial charge in [-0.3, -0.25) is 9.59 Å². The van der Waals surface area contributed by atoms with Crippen molar-refractivity contribution in [2.75, 3.05) is 5.32 Å². The van der Waals surface area contributed by atoms with Crippen LogP contribution in [-0.4, -0.2) is 11.8 Å². The van der Waals surface area contributed by atoms with E-state index >= 15 is 0 Å². The number of rotatable bonds is 7. The molecule has 0 unspecified atom stereocenters. The van der Waals surface area contributed by atoms with Crippen LogP contribution < -0.4 is 15.4 Å². The molecule has 0 bridgehead atoms. The van der Waals surface area contributed by atoms with Gasteiger partial charge in [0.15, 0.2) is 0 Å². The van der Waals surface area contributed by atoms with E-state index in [-0.39, 0.29) is 11.8 Å². The smallest absolute Gasteiger partial charge is 0.251 e. The van der Waals surface area contributed by atoms with E-state index in [2.05, 4.69) is 10.6 Å². The van der Waals surface area contributed by atoms with Gasteiger partial charge in [-0.2, -0.15) is 0 Å². The quantitative estimate of drug-likeness (QED) is 0.627. The number of amides is 2. The number of benzene rings is 3. The highest BCUT2D eigenvalue weighted by atomic mass is 16.5. The van der Waals surface area contributed by atoms with Crippen molar-refractivity contribution in [1.29, 1.82) is 0 Å². The summed E-state index contributed by atoms with van der Waals surface area (Å²) in [6.07, 6.45) is 0.387. The highest BCUT2D eigenvalue weighted by Crippen LogP contribution is 2.21. The summed E-state index contributed by atoms with van der Waals surface area (Å²) in [5, 5.41) is 5.65. The minimum Gasteiger partial charge on any atom is -0.457 e. The van der Waals surface area contributed by atoms with Gasteiger partial charge in [0.05, 0.1) is 0 Å². The molecule has 3 rings (SSSR count). The van der Waals surface area contributed by atoms with Crippen LogP contribution in [0.2, 0.25) is 0 Å². The molecule has 0 radical (unpaired) electrons. The number of hydrogen-bond donors (Lipinski definition) is 2. The van der Waals surface area contributed by atoms with Gasteiger partial charge in [0, 0.05) is 24.2 Å². The van der Waals surface area contributed by atoms with E-state index in [0.717, 1.165) is 11.3 Å². The molecule has 0 aromatic heterocycles. The van der Waals surface area contributed by atoms with E-state index in [0.29, 0.717) is 30.0 Å². The van der Waals surface area contributed by atoms with Crippen molar-refractivity contribution >= 4 is 17.5 Å². The fourth-order valence-electron chi connectivity index (χ4n) is 2.62. The van der Waals surface area contributed by atoms with Crippen LogP contribution in [0.15, 0.2) is 78.9 Å². The lowest BCUT2D eigenvalue weighted by atomic mass is 10.1. The minimum absolute atomic E-state index is 0.0900. The zero-order valence-electron chi connectivity index (χ0n) is 15.6. The fraction of sp³-hybridized carbons (Fsp3) is 0.130. The van der Waals surface area contributed by atoms with Gasteiger partial charge in [-0.25, -0.2) is 0 Å². The lowest BCUT2D eigenvalue weighted by molar-refractivity contribution is -0.115. The SMILES string of the molecule is CCC(=O)Nc1cccc(C(=O)NCc2cccc(Oc3ccccc3)c2)c1. The van der Waals surface area contributed by atoms with E-state index < -0.39 is 0 Å². The lowest BCUT2D eigenvalue weighted by Crippen LogP contribution is -2.23. The first-order chi connectivity index (χ1) is 13.6. The summed E-state index contributed by atoms with van der Waals surface area (Å²) in [6.45, 7) is 2.15. The monoisotopic (exact) mass is 374 g/mol. The molecule has 0 spiro atoms. The Kier molecular flexibility index (Phi) is 6.41. The summed E-state index contributed by atoms with van der Waals surface area (Å²) in [5.74, 6) is 1.17. The summed E-state index contributed by atoms with van der Waals surface area (Å²) >= 11 is 0. The van der Waals surface area contributed by atoms with Crippen molar-refractivity contribution in [3.63, 3.8) is 0 Å². The van der Waals surface area contributed by atoms with Gasteiger partial charge in [-0.1, -0.05) is 43.3 Å². The normalized spacial score (nSPS) is 10.2. The third kappa shape index (κ3) is 5.45. The van der Waals surface area contributed by atoms with Crippen LogP contribution in [0.1, 0.15) is 29.3 Å². The molecule has 0 atom stereocenters. The molecule has 142 valence electrons. The third-order valence-electron chi connectivity index (χ3n) is 4.06. The molecule has 3 aromatic carbocycles. The largest absolute Gasteiger partial charge is 0.457 e. The average Bonchev–Trinajstić information content (AvgIpc) is 2.73. The second-order valence-electron chi connectivity index (χ2n) is 6.23. The molecule has 2 amide bonds. The first-order valence-electron chi connectivity index (χ1n) is 9.14. The van der Waals surface area contributed by atoms with Crippen LogP contribution in [0.25, 0.3) is 0 Å². The molecule has 3 aromatic rings. The Morgan fingerprint density at radius 2 is 1.61 bits per heavy atom. The van der Waals surface area contributed by atoms with Crippen molar-refractivity contribution < 1.29 is 14.3 Å². The van der Waals surface area contributed by atoms with Crippen LogP contribution in [0.5, 0.6) is 11.5 Å². The maximum atomic E-state index is 12.4. The second kappa shape index (κ2) is 9.37. The second-order valence-corrected chi connectivity index (χ2v) is 6.23. The number of nitrogens with one attached hydrogen (secondary N) is 2. The maximum Gasteiger partial charge on any atom is 0.251 e. The predicted molar refractivity (Wildman–Crippen MR) is 109 cm³/mol. The first-order valence-corrected chi connectivity index (χ1v) is 9.14. The highest BCUT2D eigenvalue weighted by molar-refractivity contribution is 5.97. The molecule has 2 N–H and O–H groups in total. The Hall–Kier alpha value is -3.60. The van der Waals surface area contributed by atoms with Crippen LogP contribution in [-0.2, 0) is 11.3 Å².